The van der Waals surface area contributed by atoms with Gasteiger partial charge in [-0.2, -0.15) is 10.2 Å². The SMILES string of the molecule is Cc1ccc(C[C@@H](N)C(=O)O)nn1. The summed E-state index contributed by atoms with van der Waals surface area (Å²) in [6.07, 6.45) is 0.211. The standard InChI is InChI=1S/C8H11N3O2/c1-5-2-3-6(11-10-5)4-7(9)8(12)13/h2-3,7H,4,9H2,1H3,(H,12,13)/t7-/m1/s1. The van der Waals surface area contributed by atoms with Gasteiger partial charge in [-0.3, -0.25) is 4.79 Å². The Morgan fingerprint density at radius 2 is 2.31 bits per heavy atom. The Labute approximate surface area is 75.6 Å². The molecule has 0 saturated carbocycles. The van der Waals surface area contributed by atoms with E-state index in [0.29, 0.717) is 5.69 Å². The number of nitrogens with two attached hydrogens (primary N) is 1. The molecule has 0 saturated heterocycles. The van der Waals surface area contributed by atoms with Crippen LogP contribution < -0.4 is 5.73 Å². The molecular formula is C8H11N3O2. The van der Waals surface area contributed by atoms with E-state index < -0.39 is 12.0 Å². The first kappa shape index (κ1) is 9.60. The van der Waals surface area contributed by atoms with Gasteiger partial charge in [-0.25, -0.2) is 0 Å². The molecular weight excluding hydrogens is 170 g/mol. The number of aromatic nitrogens is 2. The van der Waals surface area contributed by atoms with Crippen LogP contribution in [0.4, 0.5) is 0 Å². The second-order valence-electron chi connectivity index (χ2n) is 2.81. The Morgan fingerprint density at radius 1 is 1.62 bits per heavy atom. The van der Waals surface area contributed by atoms with E-state index in [2.05, 4.69) is 10.2 Å². The van der Waals surface area contributed by atoms with E-state index in [1.165, 1.54) is 0 Å². The first-order valence-electron chi connectivity index (χ1n) is 3.87. The molecule has 1 aromatic rings. The zero-order valence-corrected chi connectivity index (χ0v) is 7.27. The summed E-state index contributed by atoms with van der Waals surface area (Å²) in [6.45, 7) is 1.81. The Morgan fingerprint density at radius 3 is 2.77 bits per heavy atom. The van der Waals surface area contributed by atoms with E-state index in [-0.39, 0.29) is 6.42 Å². The van der Waals surface area contributed by atoms with Crippen molar-refractivity contribution in [2.24, 2.45) is 5.73 Å². The van der Waals surface area contributed by atoms with Crippen LogP contribution in [0.5, 0.6) is 0 Å². The van der Waals surface area contributed by atoms with Crippen LogP contribution in [-0.4, -0.2) is 27.3 Å². The van der Waals surface area contributed by atoms with Crippen LogP contribution in [0.25, 0.3) is 0 Å². The lowest BCUT2D eigenvalue weighted by Crippen LogP contribution is -2.32. The lowest BCUT2D eigenvalue weighted by Gasteiger charge is -2.04. The van der Waals surface area contributed by atoms with E-state index in [0.717, 1.165) is 5.69 Å². The maximum atomic E-state index is 10.4. The largest absolute Gasteiger partial charge is 0.480 e. The summed E-state index contributed by atoms with van der Waals surface area (Å²) in [7, 11) is 0. The Kier molecular flexibility index (Phi) is 2.92. The summed E-state index contributed by atoms with van der Waals surface area (Å²) in [5.74, 6) is -1.03. The Balaban J connectivity index is 2.64. The lowest BCUT2D eigenvalue weighted by molar-refractivity contribution is -0.138. The molecule has 0 aliphatic rings. The molecule has 70 valence electrons. The van der Waals surface area contributed by atoms with Gasteiger partial charge >= 0.3 is 5.97 Å². The number of aliphatic carboxylic acids is 1. The first-order chi connectivity index (χ1) is 6.09. The molecule has 0 bridgehead atoms. The van der Waals surface area contributed by atoms with Crippen molar-refractivity contribution in [1.82, 2.24) is 10.2 Å². The predicted molar refractivity (Wildman–Crippen MR) is 46.1 cm³/mol. The van der Waals surface area contributed by atoms with Gasteiger partial charge in [0.1, 0.15) is 6.04 Å². The number of carboxylic acid groups (broad SMARTS) is 1. The minimum atomic E-state index is -1.03. The summed E-state index contributed by atoms with van der Waals surface area (Å²) in [6, 6.07) is 2.60. The highest BCUT2D eigenvalue weighted by Gasteiger charge is 2.12. The predicted octanol–water partition coefficient (Wildman–Crippen LogP) is -0.261. The zero-order chi connectivity index (χ0) is 9.84. The average Bonchev–Trinajstić information content (AvgIpc) is 2.08. The van der Waals surface area contributed by atoms with Crippen molar-refractivity contribution < 1.29 is 9.90 Å². The molecule has 1 rings (SSSR count). The van der Waals surface area contributed by atoms with Crippen LogP contribution in [0.15, 0.2) is 12.1 Å². The maximum Gasteiger partial charge on any atom is 0.320 e. The monoisotopic (exact) mass is 181 g/mol. The molecule has 0 spiro atoms. The van der Waals surface area contributed by atoms with E-state index in [4.69, 9.17) is 10.8 Å². The van der Waals surface area contributed by atoms with Crippen LogP contribution in [-0.2, 0) is 11.2 Å². The third-order valence-electron chi connectivity index (χ3n) is 1.60. The Bertz CT molecular complexity index is 297. The molecule has 5 nitrogen and oxygen atoms in total. The van der Waals surface area contributed by atoms with Crippen LogP contribution in [0.1, 0.15) is 11.4 Å². The van der Waals surface area contributed by atoms with Gasteiger partial charge < -0.3 is 10.8 Å². The topological polar surface area (TPSA) is 89.1 Å². The normalized spacial score (nSPS) is 12.5. The van der Waals surface area contributed by atoms with Crippen LogP contribution in [0.3, 0.4) is 0 Å². The molecule has 5 heteroatoms. The van der Waals surface area contributed by atoms with Crippen LogP contribution in [0, 0.1) is 6.92 Å². The van der Waals surface area contributed by atoms with Crippen LogP contribution >= 0.6 is 0 Å². The third-order valence-corrected chi connectivity index (χ3v) is 1.60. The minimum absolute atomic E-state index is 0.211. The summed E-state index contributed by atoms with van der Waals surface area (Å²) >= 11 is 0. The van der Waals surface area contributed by atoms with Crippen molar-refractivity contribution in [3.05, 3.63) is 23.5 Å². The summed E-state index contributed by atoms with van der Waals surface area (Å²) in [4.78, 5) is 10.4. The van der Waals surface area contributed by atoms with Crippen molar-refractivity contribution in [2.75, 3.05) is 0 Å². The first-order valence-corrected chi connectivity index (χ1v) is 3.87. The van der Waals surface area contributed by atoms with E-state index in [9.17, 15) is 4.79 Å². The molecule has 0 radical (unpaired) electrons. The molecule has 0 amide bonds. The van der Waals surface area contributed by atoms with Crippen molar-refractivity contribution in [3.63, 3.8) is 0 Å². The molecule has 1 heterocycles. The fourth-order valence-corrected chi connectivity index (χ4v) is 0.848. The van der Waals surface area contributed by atoms with Crippen molar-refractivity contribution in [2.45, 2.75) is 19.4 Å². The lowest BCUT2D eigenvalue weighted by atomic mass is 10.1. The zero-order valence-electron chi connectivity index (χ0n) is 7.27. The maximum absolute atomic E-state index is 10.4. The summed E-state index contributed by atoms with van der Waals surface area (Å²) in [5, 5.41) is 16.1. The van der Waals surface area contributed by atoms with E-state index >= 15 is 0 Å². The van der Waals surface area contributed by atoms with Gasteiger partial charge in [-0.1, -0.05) is 0 Å². The minimum Gasteiger partial charge on any atom is -0.480 e. The molecule has 0 aromatic carbocycles. The van der Waals surface area contributed by atoms with Crippen molar-refractivity contribution >= 4 is 5.97 Å². The number of aryl methyl sites for hydroxylation is 1. The number of hydrogen-bond acceptors (Lipinski definition) is 4. The molecule has 1 atom stereocenters. The van der Waals surface area contributed by atoms with Gasteiger partial charge in [0.25, 0.3) is 0 Å². The molecule has 0 fully saturated rings. The second kappa shape index (κ2) is 3.95. The quantitative estimate of drug-likeness (QED) is 0.670. The highest BCUT2D eigenvalue weighted by Crippen LogP contribution is 1.98. The summed E-state index contributed by atoms with van der Waals surface area (Å²) in [5.41, 5.74) is 6.72. The van der Waals surface area contributed by atoms with Crippen LogP contribution in [0.2, 0.25) is 0 Å². The molecule has 0 unspecified atom stereocenters. The number of carbonyl (C=O) groups is 1. The molecule has 0 aliphatic carbocycles. The van der Waals surface area contributed by atoms with Gasteiger partial charge in [0.2, 0.25) is 0 Å². The molecule has 1 aromatic heterocycles. The van der Waals surface area contributed by atoms with Gasteiger partial charge in [-0.05, 0) is 19.1 Å². The number of hydrogen-bond donors (Lipinski definition) is 2. The number of rotatable bonds is 3. The van der Waals surface area contributed by atoms with Crippen molar-refractivity contribution in [3.8, 4) is 0 Å². The van der Waals surface area contributed by atoms with E-state index in [1.54, 1.807) is 12.1 Å². The highest BCUT2D eigenvalue weighted by molar-refractivity contribution is 5.73. The van der Waals surface area contributed by atoms with Gasteiger partial charge in [0, 0.05) is 6.42 Å². The highest BCUT2D eigenvalue weighted by atomic mass is 16.4. The van der Waals surface area contributed by atoms with Gasteiger partial charge in [0.15, 0.2) is 0 Å². The van der Waals surface area contributed by atoms with Crippen molar-refractivity contribution in [1.29, 1.82) is 0 Å². The Hall–Kier alpha value is -1.49. The van der Waals surface area contributed by atoms with E-state index in [1.807, 2.05) is 6.92 Å². The average molecular weight is 181 g/mol. The second-order valence-corrected chi connectivity index (χ2v) is 2.81. The smallest absolute Gasteiger partial charge is 0.320 e. The summed E-state index contributed by atoms with van der Waals surface area (Å²) < 4.78 is 0. The molecule has 13 heavy (non-hydrogen) atoms. The fraction of sp³-hybridized carbons (Fsp3) is 0.375. The fourth-order valence-electron chi connectivity index (χ4n) is 0.848. The number of nitrogens with zero attached hydrogens (tertiary/aromatic N) is 2. The van der Waals surface area contributed by atoms with Gasteiger partial charge in [0.05, 0.1) is 11.4 Å². The molecule has 3 N–H and O–H groups in total. The molecule has 0 aliphatic heterocycles. The number of carboxylic acids is 1. The third kappa shape index (κ3) is 2.79. The van der Waals surface area contributed by atoms with Gasteiger partial charge in [-0.15, -0.1) is 0 Å².